The molecule has 1 aromatic rings. The summed E-state index contributed by atoms with van der Waals surface area (Å²) in [4.78, 5) is 24.7. The van der Waals surface area contributed by atoms with Crippen LogP contribution in [0.3, 0.4) is 0 Å². The molecule has 1 aromatic heterocycles. The number of amides is 2. The van der Waals surface area contributed by atoms with Crippen LogP contribution < -0.4 is 10.2 Å². The Morgan fingerprint density at radius 1 is 0.912 bits per heavy atom. The third-order valence-corrected chi connectivity index (χ3v) is 3.78. The van der Waals surface area contributed by atoms with Crippen LogP contribution in [0.5, 0.6) is 0 Å². The number of halogens is 8. The van der Waals surface area contributed by atoms with Crippen LogP contribution in [-0.4, -0.2) is 40.8 Å². The number of ether oxygens (including phenoxy) is 2. The third kappa shape index (κ3) is 7.13. The van der Waals surface area contributed by atoms with Crippen molar-refractivity contribution in [2.24, 2.45) is 7.05 Å². The number of aryl methyl sites for hydroxylation is 1. The second kappa shape index (κ2) is 9.13. The normalized spacial score (nSPS) is 13.5. The summed E-state index contributed by atoms with van der Waals surface area (Å²) in [6.07, 6.45) is -15.0. The van der Waals surface area contributed by atoms with Gasteiger partial charge in [0.25, 0.3) is 0 Å². The van der Waals surface area contributed by atoms with Crippen LogP contribution in [-0.2, 0) is 28.6 Å². The number of hydrogen-bond acceptors (Lipinski definition) is 4. The number of carbonyl (C=O) groups is 2. The van der Waals surface area contributed by atoms with E-state index in [9.17, 15) is 44.7 Å². The van der Waals surface area contributed by atoms with E-state index in [4.69, 9.17) is 9.47 Å². The zero-order valence-electron chi connectivity index (χ0n) is 19.3. The molecule has 0 saturated heterocycles. The van der Waals surface area contributed by atoms with Gasteiger partial charge in [-0.1, -0.05) is 0 Å². The molecule has 0 unspecified atom stereocenters. The largest absolute Gasteiger partial charge is 0.458 e. The molecule has 0 aliphatic carbocycles. The molecule has 1 heterocycles. The average molecular weight is 511 g/mol. The molecule has 0 spiro atoms. The van der Waals surface area contributed by atoms with E-state index in [-0.39, 0.29) is 15.7 Å². The van der Waals surface area contributed by atoms with Gasteiger partial charge in [-0.15, -0.1) is 0 Å². The van der Waals surface area contributed by atoms with Crippen molar-refractivity contribution >= 4 is 18.0 Å². The molecule has 7 nitrogen and oxygen atoms in total. The smallest absolute Gasteiger partial charge is 0.444 e. The van der Waals surface area contributed by atoms with Gasteiger partial charge in [-0.05, 0) is 41.5 Å². The summed E-state index contributed by atoms with van der Waals surface area (Å²) in [7, 11) is 0.728. The van der Waals surface area contributed by atoms with E-state index in [1.165, 1.54) is 41.5 Å². The predicted octanol–water partition coefficient (Wildman–Crippen LogP) is 5.92. The van der Waals surface area contributed by atoms with E-state index in [1.807, 2.05) is 5.32 Å². The summed E-state index contributed by atoms with van der Waals surface area (Å²) >= 11 is 0. The summed E-state index contributed by atoms with van der Waals surface area (Å²) < 4.78 is 118. The van der Waals surface area contributed by atoms with Gasteiger partial charge in [0, 0.05) is 13.2 Å². The monoisotopic (exact) mass is 511 g/mol. The molecule has 15 heteroatoms. The maximum atomic E-state index is 14.0. The number of alkyl halides is 8. The summed E-state index contributed by atoms with van der Waals surface area (Å²) in [5.41, 5.74) is -7.20. The van der Waals surface area contributed by atoms with Gasteiger partial charge in [0.1, 0.15) is 29.3 Å². The lowest BCUT2D eigenvalue weighted by Gasteiger charge is -2.29. The molecule has 0 aliphatic heterocycles. The SMILES string of the molecule is Cn1cc(C(F)(F)C(F)(F)F)c(C(F)(F)F)c1N(CNC(=O)OC(C)(C)C)C(=O)OC(C)(C)C. The zero-order valence-corrected chi connectivity index (χ0v) is 19.3. The lowest BCUT2D eigenvalue weighted by Crippen LogP contribution is -2.46. The Labute approximate surface area is 190 Å². The number of anilines is 1. The van der Waals surface area contributed by atoms with Crippen LogP contribution in [0, 0.1) is 0 Å². The Bertz CT molecular complexity index is 909. The molecule has 0 atom stereocenters. The fourth-order valence-electron chi connectivity index (χ4n) is 2.61. The molecule has 0 aromatic carbocycles. The molecule has 2 amide bonds. The van der Waals surface area contributed by atoms with Crippen LogP contribution in [0.25, 0.3) is 0 Å². The summed E-state index contributed by atoms with van der Waals surface area (Å²) in [5.74, 6) is -7.32. The van der Waals surface area contributed by atoms with E-state index in [0.29, 0.717) is 0 Å². The van der Waals surface area contributed by atoms with Crippen molar-refractivity contribution in [3.63, 3.8) is 0 Å². The Balaban J connectivity index is 3.71. The van der Waals surface area contributed by atoms with Crippen molar-refractivity contribution in [2.75, 3.05) is 11.6 Å². The highest BCUT2D eigenvalue weighted by atomic mass is 19.4. The molecule has 0 fully saturated rings. The molecule has 0 aliphatic rings. The first-order valence-corrected chi connectivity index (χ1v) is 9.57. The lowest BCUT2D eigenvalue weighted by atomic mass is 10.1. The minimum atomic E-state index is -6.36. The average Bonchev–Trinajstić information content (AvgIpc) is 2.89. The van der Waals surface area contributed by atoms with Crippen LogP contribution in [0.2, 0.25) is 0 Å². The highest BCUT2D eigenvalue weighted by molar-refractivity contribution is 5.89. The summed E-state index contributed by atoms with van der Waals surface area (Å²) in [6.45, 7) is 7.28. The number of rotatable bonds is 4. The Morgan fingerprint density at radius 2 is 1.38 bits per heavy atom. The maximum Gasteiger partial charge on any atom is 0.458 e. The van der Waals surface area contributed by atoms with Gasteiger partial charge in [-0.25, -0.2) is 14.5 Å². The maximum absolute atomic E-state index is 14.0. The van der Waals surface area contributed by atoms with E-state index in [2.05, 4.69) is 0 Å². The second-order valence-corrected chi connectivity index (χ2v) is 9.17. The van der Waals surface area contributed by atoms with Gasteiger partial charge in [0.15, 0.2) is 0 Å². The third-order valence-electron chi connectivity index (χ3n) is 3.78. The van der Waals surface area contributed by atoms with Crippen molar-refractivity contribution in [3.8, 4) is 0 Å². The number of aromatic nitrogens is 1. The number of alkyl carbamates (subject to hydrolysis) is 1. The number of carbonyl (C=O) groups excluding carboxylic acids is 2. The minimum Gasteiger partial charge on any atom is -0.444 e. The van der Waals surface area contributed by atoms with Crippen molar-refractivity contribution < 1.29 is 54.2 Å². The first kappa shape index (κ1) is 29.3. The summed E-state index contributed by atoms with van der Waals surface area (Å²) in [5, 5.41) is 1.96. The summed E-state index contributed by atoms with van der Waals surface area (Å²) in [6, 6.07) is 0. The Hall–Kier alpha value is -2.74. The molecular formula is C19H25F8N3O4. The van der Waals surface area contributed by atoms with Gasteiger partial charge in [0.05, 0.1) is 5.56 Å². The number of nitrogens with zero attached hydrogens (tertiary/aromatic N) is 2. The topological polar surface area (TPSA) is 72.8 Å². The molecule has 1 rings (SSSR count). The number of nitrogens with one attached hydrogen (secondary N) is 1. The minimum absolute atomic E-state index is 0.0773. The van der Waals surface area contributed by atoms with E-state index >= 15 is 0 Å². The highest BCUT2D eigenvalue weighted by Gasteiger charge is 2.63. The quantitative estimate of drug-likeness (QED) is 0.402. The van der Waals surface area contributed by atoms with Gasteiger partial charge in [0.2, 0.25) is 0 Å². The lowest BCUT2D eigenvalue weighted by molar-refractivity contribution is -0.290. The van der Waals surface area contributed by atoms with Crippen molar-refractivity contribution in [3.05, 3.63) is 17.3 Å². The van der Waals surface area contributed by atoms with Crippen molar-refractivity contribution in [1.29, 1.82) is 0 Å². The highest BCUT2D eigenvalue weighted by Crippen LogP contribution is 2.51. The zero-order chi connectivity index (χ0) is 27.1. The molecule has 34 heavy (non-hydrogen) atoms. The van der Waals surface area contributed by atoms with Gasteiger partial charge in [-0.2, -0.15) is 35.1 Å². The predicted molar refractivity (Wildman–Crippen MR) is 103 cm³/mol. The molecule has 196 valence electrons. The fourth-order valence-corrected chi connectivity index (χ4v) is 2.61. The van der Waals surface area contributed by atoms with E-state index in [0.717, 1.165) is 7.05 Å². The van der Waals surface area contributed by atoms with Gasteiger partial charge < -0.3 is 19.4 Å². The molecule has 0 saturated carbocycles. The van der Waals surface area contributed by atoms with Crippen LogP contribution in [0.1, 0.15) is 52.7 Å². The fraction of sp³-hybridized carbons (Fsp3) is 0.684. The van der Waals surface area contributed by atoms with Gasteiger partial charge in [-0.3, -0.25) is 0 Å². The molecule has 0 bridgehead atoms. The second-order valence-electron chi connectivity index (χ2n) is 9.17. The van der Waals surface area contributed by atoms with E-state index in [1.54, 1.807) is 0 Å². The van der Waals surface area contributed by atoms with Gasteiger partial charge >= 0.3 is 30.5 Å². The standard InChI is InChI=1S/C19H25F8N3O4/c1-15(2,3)33-13(31)28-9-30(14(32)34-16(4,5)6)12-11(18(22,23)24)10(8-29(12)7)17(20,21)19(25,26)27/h8H,9H2,1-7H3,(H,28,31). The first-order valence-electron chi connectivity index (χ1n) is 9.57. The van der Waals surface area contributed by atoms with E-state index < -0.39 is 65.3 Å². The first-order chi connectivity index (χ1) is 14.9. The van der Waals surface area contributed by atoms with Crippen LogP contribution in [0.15, 0.2) is 6.20 Å². The Kier molecular flexibility index (Phi) is 7.87. The number of hydrogen-bond donors (Lipinski definition) is 1. The van der Waals surface area contributed by atoms with Crippen molar-refractivity contribution in [1.82, 2.24) is 9.88 Å². The molecule has 1 N–H and O–H groups in total. The van der Waals surface area contributed by atoms with Crippen LogP contribution >= 0.6 is 0 Å². The molecule has 0 radical (unpaired) electrons. The molecular weight excluding hydrogens is 486 g/mol. The van der Waals surface area contributed by atoms with Crippen LogP contribution in [0.4, 0.5) is 50.5 Å². The Morgan fingerprint density at radius 3 is 1.76 bits per heavy atom. The van der Waals surface area contributed by atoms with Crippen molar-refractivity contribution in [2.45, 2.75) is 71.0 Å².